The summed E-state index contributed by atoms with van der Waals surface area (Å²) in [6.45, 7) is 1.94. The number of rotatable bonds is 3. The third kappa shape index (κ3) is 2.09. The van der Waals surface area contributed by atoms with Crippen molar-refractivity contribution in [3.05, 3.63) is 59.2 Å². The van der Waals surface area contributed by atoms with Crippen LogP contribution in [0, 0.1) is 0 Å². The minimum atomic E-state index is -0.135. The number of hydrogen-bond acceptors (Lipinski definition) is 2. The third-order valence-electron chi connectivity index (χ3n) is 3.91. The molecule has 1 aromatic carbocycles. The second-order valence-corrected chi connectivity index (χ2v) is 5.35. The molecular weight excluding hydrogens is 250 g/mol. The fraction of sp³-hybridized carbons (Fsp3) is 0.294. The molecule has 0 saturated carbocycles. The molecule has 1 aliphatic heterocycles. The van der Waals surface area contributed by atoms with Gasteiger partial charge in [0, 0.05) is 17.2 Å². The molecule has 102 valence electrons. The lowest BCUT2D eigenvalue weighted by Crippen LogP contribution is -2.40. The lowest BCUT2D eigenvalue weighted by atomic mass is 10.00. The van der Waals surface area contributed by atoms with Gasteiger partial charge in [0.05, 0.1) is 0 Å². The number of allylic oxidation sites excluding steroid dienone is 1. The largest absolute Gasteiger partial charge is 0.271 e. The smallest absolute Gasteiger partial charge is 0.261 e. The molecule has 0 radical (unpaired) electrons. The molecule has 3 heteroatoms. The second kappa shape index (κ2) is 5.08. The number of imide groups is 1. The van der Waals surface area contributed by atoms with Gasteiger partial charge in [0.2, 0.25) is 0 Å². The van der Waals surface area contributed by atoms with E-state index in [9.17, 15) is 9.59 Å². The van der Waals surface area contributed by atoms with Crippen LogP contribution in [0.4, 0.5) is 0 Å². The number of carbonyl (C=O) groups excluding carboxylic acids is 2. The SMILES string of the molecule is CC(Cc1ccccc1)N1C(=O)C2=C(CCC=C2)C1=O. The molecule has 1 unspecified atom stereocenters. The van der Waals surface area contributed by atoms with Crippen molar-refractivity contribution in [1.82, 2.24) is 4.90 Å². The van der Waals surface area contributed by atoms with Crippen LogP contribution in [0.5, 0.6) is 0 Å². The third-order valence-corrected chi connectivity index (χ3v) is 3.91. The van der Waals surface area contributed by atoms with E-state index in [1.54, 1.807) is 6.08 Å². The van der Waals surface area contributed by atoms with Gasteiger partial charge < -0.3 is 0 Å². The van der Waals surface area contributed by atoms with Crippen LogP contribution in [0.25, 0.3) is 0 Å². The van der Waals surface area contributed by atoms with Crippen LogP contribution < -0.4 is 0 Å². The first-order valence-corrected chi connectivity index (χ1v) is 7.00. The molecule has 0 spiro atoms. The summed E-state index contributed by atoms with van der Waals surface area (Å²) in [5.41, 5.74) is 2.43. The van der Waals surface area contributed by atoms with E-state index >= 15 is 0 Å². The zero-order valence-corrected chi connectivity index (χ0v) is 11.5. The van der Waals surface area contributed by atoms with Crippen LogP contribution in [0.3, 0.4) is 0 Å². The van der Waals surface area contributed by atoms with Gasteiger partial charge >= 0.3 is 0 Å². The Labute approximate surface area is 118 Å². The first-order valence-electron chi connectivity index (χ1n) is 7.00. The molecule has 3 rings (SSSR count). The maximum Gasteiger partial charge on any atom is 0.261 e. The van der Waals surface area contributed by atoms with E-state index < -0.39 is 0 Å². The van der Waals surface area contributed by atoms with Gasteiger partial charge in [-0.25, -0.2) is 0 Å². The quantitative estimate of drug-likeness (QED) is 0.789. The molecule has 0 fully saturated rings. The van der Waals surface area contributed by atoms with Crippen molar-refractivity contribution in [2.24, 2.45) is 0 Å². The average Bonchev–Trinajstić information content (AvgIpc) is 2.72. The van der Waals surface area contributed by atoms with Crippen molar-refractivity contribution < 1.29 is 9.59 Å². The highest BCUT2D eigenvalue weighted by atomic mass is 16.2. The highest BCUT2D eigenvalue weighted by Gasteiger charge is 2.39. The van der Waals surface area contributed by atoms with Crippen molar-refractivity contribution >= 4 is 11.8 Å². The van der Waals surface area contributed by atoms with Crippen LogP contribution in [-0.2, 0) is 16.0 Å². The molecule has 0 N–H and O–H groups in total. The fourth-order valence-corrected chi connectivity index (χ4v) is 2.90. The summed E-state index contributed by atoms with van der Waals surface area (Å²) in [5, 5.41) is 0. The van der Waals surface area contributed by atoms with E-state index in [-0.39, 0.29) is 17.9 Å². The Morgan fingerprint density at radius 1 is 1.15 bits per heavy atom. The van der Waals surface area contributed by atoms with E-state index in [0.717, 1.165) is 12.0 Å². The van der Waals surface area contributed by atoms with Gasteiger partial charge in [-0.3, -0.25) is 14.5 Å². The van der Waals surface area contributed by atoms with Crippen LogP contribution in [0.2, 0.25) is 0 Å². The summed E-state index contributed by atoms with van der Waals surface area (Å²) < 4.78 is 0. The van der Waals surface area contributed by atoms with Gasteiger partial charge in [-0.1, -0.05) is 42.5 Å². The lowest BCUT2D eigenvalue weighted by molar-refractivity contribution is -0.139. The van der Waals surface area contributed by atoms with Crippen LogP contribution >= 0.6 is 0 Å². The monoisotopic (exact) mass is 267 g/mol. The Bertz CT molecular complexity index is 613. The van der Waals surface area contributed by atoms with E-state index in [1.807, 2.05) is 43.3 Å². The summed E-state index contributed by atoms with van der Waals surface area (Å²) >= 11 is 0. The Hall–Kier alpha value is -2.16. The maximum absolute atomic E-state index is 12.4. The van der Waals surface area contributed by atoms with Gasteiger partial charge in [0.25, 0.3) is 11.8 Å². The molecule has 2 aliphatic rings. The van der Waals surface area contributed by atoms with Crippen molar-refractivity contribution in [2.45, 2.75) is 32.2 Å². The summed E-state index contributed by atoms with van der Waals surface area (Å²) in [5.74, 6) is -0.234. The number of benzene rings is 1. The van der Waals surface area contributed by atoms with Crippen molar-refractivity contribution in [1.29, 1.82) is 0 Å². The highest BCUT2D eigenvalue weighted by Crippen LogP contribution is 2.30. The molecular formula is C17H17NO2. The van der Waals surface area contributed by atoms with Crippen molar-refractivity contribution in [3.8, 4) is 0 Å². The molecule has 2 amide bonds. The summed E-state index contributed by atoms with van der Waals surface area (Å²) in [6.07, 6.45) is 6.00. The summed E-state index contributed by atoms with van der Waals surface area (Å²) in [6, 6.07) is 9.84. The van der Waals surface area contributed by atoms with Gasteiger partial charge in [0.15, 0.2) is 0 Å². The van der Waals surface area contributed by atoms with E-state index in [1.165, 1.54) is 4.90 Å². The van der Waals surface area contributed by atoms with E-state index in [2.05, 4.69) is 0 Å². The first-order chi connectivity index (χ1) is 9.68. The number of amides is 2. The predicted molar refractivity (Wildman–Crippen MR) is 76.9 cm³/mol. The second-order valence-electron chi connectivity index (χ2n) is 5.35. The minimum absolute atomic E-state index is 0.0993. The minimum Gasteiger partial charge on any atom is -0.271 e. The molecule has 1 aliphatic carbocycles. The zero-order valence-electron chi connectivity index (χ0n) is 11.5. The Kier molecular flexibility index (Phi) is 3.26. The van der Waals surface area contributed by atoms with Gasteiger partial charge in [-0.15, -0.1) is 0 Å². The zero-order chi connectivity index (χ0) is 14.1. The highest BCUT2D eigenvalue weighted by molar-refractivity contribution is 6.21. The van der Waals surface area contributed by atoms with Crippen molar-refractivity contribution in [2.75, 3.05) is 0 Å². The molecule has 0 bridgehead atoms. The predicted octanol–water partition coefficient (Wildman–Crippen LogP) is 2.63. The topological polar surface area (TPSA) is 37.4 Å². The van der Waals surface area contributed by atoms with Crippen LogP contribution in [-0.4, -0.2) is 22.8 Å². The van der Waals surface area contributed by atoms with E-state index in [0.29, 0.717) is 24.0 Å². The van der Waals surface area contributed by atoms with Crippen molar-refractivity contribution in [3.63, 3.8) is 0 Å². The molecule has 20 heavy (non-hydrogen) atoms. The molecule has 1 aromatic rings. The molecule has 0 saturated heterocycles. The molecule has 0 aromatic heterocycles. The van der Waals surface area contributed by atoms with Gasteiger partial charge in [0.1, 0.15) is 0 Å². The Morgan fingerprint density at radius 2 is 1.90 bits per heavy atom. The van der Waals surface area contributed by atoms with Gasteiger partial charge in [-0.05, 0) is 31.7 Å². The lowest BCUT2D eigenvalue weighted by Gasteiger charge is -2.23. The van der Waals surface area contributed by atoms with Crippen LogP contribution in [0.15, 0.2) is 53.6 Å². The molecule has 3 nitrogen and oxygen atoms in total. The maximum atomic E-state index is 12.4. The number of nitrogens with zero attached hydrogens (tertiary/aromatic N) is 1. The normalized spacial score (nSPS) is 19.6. The van der Waals surface area contributed by atoms with Crippen LogP contribution in [0.1, 0.15) is 25.3 Å². The summed E-state index contributed by atoms with van der Waals surface area (Å²) in [4.78, 5) is 26.2. The summed E-state index contributed by atoms with van der Waals surface area (Å²) in [7, 11) is 0. The Morgan fingerprint density at radius 3 is 2.60 bits per heavy atom. The van der Waals surface area contributed by atoms with E-state index in [4.69, 9.17) is 0 Å². The average molecular weight is 267 g/mol. The Balaban J connectivity index is 1.80. The molecule has 1 atom stereocenters. The fourth-order valence-electron chi connectivity index (χ4n) is 2.90. The number of hydrogen-bond donors (Lipinski definition) is 0. The first kappa shape index (κ1) is 12.9. The number of carbonyl (C=O) groups is 2. The molecule has 1 heterocycles. The standard InChI is InChI=1S/C17H17NO2/c1-12(11-13-7-3-2-4-8-13)18-16(19)14-9-5-6-10-15(14)17(18)20/h2-5,7-9,12H,6,10-11H2,1H3. The van der Waals surface area contributed by atoms with Gasteiger partial charge in [-0.2, -0.15) is 0 Å².